The van der Waals surface area contributed by atoms with Gasteiger partial charge in [-0.3, -0.25) is 4.90 Å². The molecule has 7 nitrogen and oxygen atoms in total. The molecule has 0 bridgehead atoms. The Bertz CT molecular complexity index is 713. The van der Waals surface area contributed by atoms with Gasteiger partial charge in [-0.25, -0.2) is 4.79 Å². The highest BCUT2D eigenvalue weighted by Crippen LogP contribution is 2.42. The molecule has 1 aromatic carbocycles. The molecule has 3 heterocycles. The summed E-state index contributed by atoms with van der Waals surface area (Å²) >= 11 is 0. The lowest BCUT2D eigenvalue weighted by Crippen LogP contribution is -2.35. The van der Waals surface area contributed by atoms with Crippen LogP contribution in [-0.2, 0) is 20.8 Å². The number of methoxy groups -OCH3 is 1. The molecule has 0 saturated carbocycles. The smallest absolute Gasteiger partial charge is 0.475 e. The molecule has 10 heteroatoms. The number of carboxylic acids is 1. The Balaban J connectivity index is 0.000000279. The molecule has 2 saturated heterocycles. The first kappa shape index (κ1) is 20.7. The normalized spacial score (nSPS) is 25.9. The van der Waals surface area contributed by atoms with E-state index in [2.05, 4.69) is 17.0 Å². The van der Waals surface area contributed by atoms with Crippen LogP contribution >= 0.6 is 0 Å². The number of fused-ring (bicyclic) bond motifs is 2. The van der Waals surface area contributed by atoms with Crippen LogP contribution in [0.15, 0.2) is 18.2 Å². The van der Waals surface area contributed by atoms with Crippen LogP contribution in [0.3, 0.4) is 0 Å². The number of carboxylic acid groups (broad SMARTS) is 1. The minimum atomic E-state index is -5.08. The van der Waals surface area contributed by atoms with E-state index < -0.39 is 12.1 Å². The highest BCUT2D eigenvalue weighted by Gasteiger charge is 2.50. The molecular weight excluding hydrogens is 383 g/mol. The van der Waals surface area contributed by atoms with Crippen molar-refractivity contribution in [3.8, 4) is 11.5 Å². The van der Waals surface area contributed by atoms with E-state index in [0.29, 0.717) is 12.7 Å². The molecule has 0 unspecified atom stereocenters. The van der Waals surface area contributed by atoms with Crippen molar-refractivity contribution in [1.82, 2.24) is 4.90 Å². The summed E-state index contributed by atoms with van der Waals surface area (Å²) < 4.78 is 53.7. The van der Waals surface area contributed by atoms with Crippen molar-refractivity contribution in [3.63, 3.8) is 0 Å². The van der Waals surface area contributed by atoms with Gasteiger partial charge in [-0.1, -0.05) is 6.07 Å². The topological polar surface area (TPSA) is 77.5 Å². The van der Waals surface area contributed by atoms with Crippen LogP contribution in [0.2, 0.25) is 0 Å². The molecule has 4 rings (SSSR count). The molecule has 0 aromatic heterocycles. The number of aliphatic carboxylic acids is 1. The molecule has 0 radical (unpaired) electrons. The van der Waals surface area contributed by atoms with Crippen molar-refractivity contribution >= 4 is 5.97 Å². The monoisotopic (exact) mass is 405 g/mol. The molecule has 156 valence electrons. The van der Waals surface area contributed by atoms with Gasteiger partial charge < -0.3 is 24.1 Å². The predicted octanol–water partition coefficient (Wildman–Crippen LogP) is 2.14. The van der Waals surface area contributed by atoms with Gasteiger partial charge in [-0.05, 0) is 17.7 Å². The maximum atomic E-state index is 10.6. The Morgan fingerprint density at radius 1 is 1.36 bits per heavy atom. The van der Waals surface area contributed by atoms with E-state index in [0.717, 1.165) is 51.0 Å². The molecule has 3 aliphatic heterocycles. The van der Waals surface area contributed by atoms with Gasteiger partial charge in [-0.2, -0.15) is 13.2 Å². The lowest BCUT2D eigenvalue weighted by molar-refractivity contribution is -0.192. The van der Waals surface area contributed by atoms with Gasteiger partial charge in [0.25, 0.3) is 0 Å². The molecule has 2 atom stereocenters. The Morgan fingerprint density at radius 2 is 2.07 bits per heavy atom. The summed E-state index contributed by atoms with van der Waals surface area (Å²) in [6.45, 7) is 5.87. The fourth-order valence-electron chi connectivity index (χ4n) is 3.85. The maximum absolute atomic E-state index is 10.6. The Morgan fingerprint density at radius 3 is 2.75 bits per heavy atom. The Hall–Kier alpha value is -2.04. The van der Waals surface area contributed by atoms with Crippen molar-refractivity contribution in [2.24, 2.45) is 11.3 Å². The van der Waals surface area contributed by atoms with E-state index in [1.54, 1.807) is 7.11 Å². The summed E-state index contributed by atoms with van der Waals surface area (Å²) in [6, 6.07) is 6.22. The van der Waals surface area contributed by atoms with Gasteiger partial charge in [0.2, 0.25) is 6.79 Å². The third-order valence-corrected chi connectivity index (χ3v) is 5.11. The lowest BCUT2D eigenvalue weighted by Gasteiger charge is -2.26. The second-order valence-electron chi connectivity index (χ2n) is 7.17. The van der Waals surface area contributed by atoms with Gasteiger partial charge >= 0.3 is 12.1 Å². The summed E-state index contributed by atoms with van der Waals surface area (Å²) in [5.41, 5.74) is 1.46. The first-order valence-electron chi connectivity index (χ1n) is 8.71. The second kappa shape index (κ2) is 8.14. The van der Waals surface area contributed by atoms with Crippen molar-refractivity contribution in [1.29, 1.82) is 0 Å². The van der Waals surface area contributed by atoms with Gasteiger partial charge in [0.15, 0.2) is 11.5 Å². The fraction of sp³-hybridized carbons (Fsp3) is 0.611. The molecule has 2 fully saturated rings. The number of halogens is 3. The van der Waals surface area contributed by atoms with E-state index >= 15 is 0 Å². The average molecular weight is 405 g/mol. The van der Waals surface area contributed by atoms with E-state index in [4.69, 9.17) is 28.8 Å². The highest BCUT2D eigenvalue weighted by atomic mass is 19.4. The van der Waals surface area contributed by atoms with Gasteiger partial charge in [0, 0.05) is 38.1 Å². The summed E-state index contributed by atoms with van der Waals surface area (Å²) in [5.74, 6) is -0.456. The van der Waals surface area contributed by atoms with E-state index in [9.17, 15) is 13.2 Å². The van der Waals surface area contributed by atoms with Crippen molar-refractivity contribution in [2.45, 2.75) is 12.7 Å². The summed E-state index contributed by atoms with van der Waals surface area (Å²) in [4.78, 5) is 11.4. The zero-order chi connectivity index (χ0) is 20.4. The molecule has 0 spiro atoms. The predicted molar refractivity (Wildman–Crippen MR) is 90.2 cm³/mol. The summed E-state index contributed by atoms with van der Waals surface area (Å²) in [5, 5.41) is 7.12. The molecule has 0 aliphatic carbocycles. The molecule has 1 aromatic rings. The number of hydrogen-bond acceptors (Lipinski definition) is 6. The standard InChI is InChI=1S/C16H21NO4.C2HF3O2/c1-18-9-16-8-17(6-13(16)7-19-10-16)5-12-2-3-14-15(4-12)21-11-20-14;3-2(4,5)1(6)7/h2-4,13H,5-11H2,1H3;(H,6,7)/t13-,16-;/m1./s1. The molecule has 3 aliphatic rings. The van der Waals surface area contributed by atoms with Crippen LogP contribution in [0.4, 0.5) is 13.2 Å². The number of likely N-dealkylation sites (tertiary alicyclic amines) is 1. The summed E-state index contributed by atoms with van der Waals surface area (Å²) in [6.07, 6.45) is -5.08. The van der Waals surface area contributed by atoms with Gasteiger partial charge in [0.05, 0.1) is 19.8 Å². The van der Waals surface area contributed by atoms with E-state index in [1.165, 1.54) is 5.56 Å². The average Bonchev–Trinajstić information content (AvgIpc) is 3.28. The van der Waals surface area contributed by atoms with Crippen LogP contribution in [0.25, 0.3) is 0 Å². The number of alkyl halides is 3. The third-order valence-electron chi connectivity index (χ3n) is 5.11. The van der Waals surface area contributed by atoms with Crippen LogP contribution in [0.5, 0.6) is 11.5 Å². The Kier molecular flexibility index (Phi) is 6.01. The fourth-order valence-corrected chi connectivity index (χ4v) is 3.85. The van der Waals surface area contributed by atoms with Gasteiger partial charge in [0.1, 0.15) is 0 Å². The zero-order valence-corrected chi connectivity index (χ0v) is 15.3. The quantitative estimate of drug-likeness (QED) is 0.823. The van der Waals surface area contributed by atoms with Crippen molar-refractivity contribution < 1.29 is 42.0 Å². The molecular formula is C18H22F3NO6. The number of rotatable bonds is 4. The number of hydrogen-bond donors (Lipinski definition) is 1. The van der Waals surface area contributed by atoms with E-state index in [-0.39, 0.29) is 5.41 Å². The van der Waals surface area contributed by atoms with Crippen LogP contribution in [0.1, 0.15) is 5.56 Å². The SMILES string of the molecule is COC[C@]12COC[C@H]1CN(Cc1ccc3c(c1)OCO3)C2.O=C(O)C(F)(F)F. The minimum absolute atomic E-state index is 0.186. The number of carbonyl (C=O) groups is 1. The number of benzene rings is 1. The van der Waals surface area contributed by atoms with Crippen LogP contribution in [-0.4, -0.2) is 69.0 Å². The molecule has 28 heavy (non-hydrogen) atoms. The van der Waals surface area contributed by atoms with E-state index in [1.807, 2.05) is 6.07 Å². The van der Waals surface area contributed by atoms with Gasteiger partial charge in [-0.15, -0.1) is 0 Å². The Labute approximate surface area is 159 Å². The first-order valence-corrected chi connectivity index (χ1v) is 8.71. The lowest BCUT2D eigenvalue weighted by atomic mass is 9.82. The summed E-state index contributed by atoms with van der Waals surface area (Å²) in [7, 11) is 1.78. The number of ether oxygens (including phenoxy) is 4. The number of nitrogens with zero attached hydrogens (tertiary/aromatic N) is 1. The van der Waals surface area contributed by atoms with Crippen molar-refractivity contribution in [2.75, 3.05) is 46.8 Å². The molecule has 1 N–H and O–H groups in total. The third kappa shape index (κ3) is 4.50. The minimum Gasteiger partial charge on any atom is -0.475 e. The van der Waals surface area contributed by atoms with Crippen molar-refractivity contribution in [3.05, 3.63) is 23.8 Å². The zero-order valence-electron chi connectivity index (χ0n) is 15.3. The molecule has 0 amide bonds. The maximum Gasteiger partial charge on any atom is 0.490 e. The second-order valence-corrected chi connectivity index (χ2v) is 7.17. The highest BCUT2D eigenvalue weighted by molar-refractivity contribution is 5.73. The van der Waals surface area contributed by atoms with Crippen LogP contribution < -0.4 is 9.47 Å². The largest absolute Gasteiger partial charge is 0.490 e. The van der Waals surface area contributed by atoms with Crippen LogP contribution in [0, 0.1) is 11.3 Å². The first-order chi connectivity index (χ1) is 13.2.